The first-order valence-electron chi connectivity index (χ1n) is 6.42. The molecule has 1 fully saturated rings. The van der Waals surface area contributed by atoms with Crippen LogP contribution in [0.2, 0.25) is 0 Å². The standard InChI is InChI=1S/C12H16BrNO4S2/c13-11-10(6-9(19-11)12(15)16)20(17,18)14-7-8-4-2-1-3-5-8/h6,8,14H,1-5,7H2,(H,15,16). The molecule has 1 heterocycles. The van der Waals surface area contributed by atoms with Crippen molar-refractivity contribution in [3.8, 4) is 0 Å². The molecule has 0 bridgehead atoms. The van der Waals surface area contributed by atoms with Crippen molar-refractivity contribution >= 4 is 43.3 Å². The number of nitrogens with one attached hydrogen (secondary N) is 1. The van der Waals surface area contributed by atoms with E-state index in [4.69, 9.17) is 5.11 Å². The molecule has 0 aromatic carbocycles. The molecule has 112 valence electrons. The van der Waals surface area contributed by atoms with Crippen LogP contribution in [0.15, 0.2) is 14.7 Å². The lowest BCUT2D eigenvalue weighted by Gasteiger charge is -2.21. The van der Waals surface area contributed by atoms with Crippen LogP contribution in [-0.2, 0) is 10.0 Å². The Labute approximate surface area is 130 Å². The van der Waals surface area contributed by atoms with E-state index in [1.165, 1.54) is 12.5 Å². The van der Waals surface area contributed by atoms with Gasteiger partial charge in [-0.15, -0.1) is 11.3 Å². The maximum atomic E-state index is 12.2. The second-order valence-electron chi connectivity index (χ2n) is 4.91. The molecule has 0 aliphatic heterocycles. The molecule has 0 spiro atoms. The Bertz CT molecular complexity index is 591. The lowest BCUT2D eigenvalue weighted by atomic mass is 9.90. The summed E-state index contributed by atoms with van der Waals surface area (Å²) in [6.45, 7) is 0.424. The molecule has 0 unspecified atom stereocenters. The van der Waals surface area contributed by atoms with Gasteiger partial charge >= 0.3 is 5.97 Å². The largest absolute Gasteiger partial charge is 0.477 e. The third kappa shape index (κ3) is 3.81. The molecular weight excluding hydrogens is 366 g/mol. The van der Waals surface area contributed by atoms with E-state index in [1.54, 1.807) is 0 Å². The van der Waals surface area contributed by atoms with E-state index in [1.807, 2.05) is 0 Å². The van der Waals surface area contributed by atoms with Crippen molar-refractivity contribution in [3.63, 3.8) is 0 Å². The highest BCUT2D eigenvalue weighted by molar-refractivity contribution is 9.11. The minimum absolute atomic E-state index is 0.00918. The van der Waals surface area contributed by atoms with Gasteiger partial charge in [-0.3, -0.25) is 0 Å². The van der Waals surface area contributed by atoms with Crippen LogP contribution >= 0.6 is 27.3 Å². The summed E-state index contributed by atoms with van der Waals surface area (Å²) in [5.74, 6) is -0.737. The molecule has 1 aliphatic carbocycles. The maximum absolute atomic E-state index is 12.2. The Kier molecular flexibility index (Phi) is 5.22. The molecule has 2 N–H and O–H groups in total. The number of rotatable bonds is 5. The van der Waals surface area contributed by atoms with Crippen LogP contribution in [0.1, 0.15) is 41.8 Å². The van der Waals surface area contributed by atoms with Gasteiger partial charge in [-0.1, -0.05) is 19.3 Å². The molecule has 8 heteroatoms. The van der Waals surface area contributed by atoms with Crippen molar-refractivity contribution in [2.75, 3.05) is 6.54 Å². The van der Waals surface area contributed by atoms with Crippen molar-refractivity contribution in [1.82, 2.24) is 4.72 Å². The predicted octanol–water partition coefficient (Wildman–Crippen LogP) is 3.07. The monoisotopic (exact) mass is 381 g/mol. The van der Waals surface area contributed by atoms with E-state index in [9.17, 15) is 13.2 Å². The number of hydrogen-bond acceptors (Lipinski definition) is 4. The number of halogens is 1. The highest BCUT2D eigenvalue weighted by Gasteiger charge is 2.24. The van der Waals surface area contributed by atoms with Gasteiger partial charge in [0.15, 0.2) is 0 Å². The normalized spacial score (nSPS) is 17.2. The van der Waals surface area contributed by atoms with Crippen LogP contribution in [0.3, 0.4) is 0 Å². The van der Waals surface area contributed by atoms with Gasteiger partial charge < -0.3 is 5.11 Å². The number of carboxylic acids is 1. The molecule has 1 aromatic rings. The molecule has 1 aliphatic rings. The second kappa shape index (κ2) is 6.55. The van der Waals surface area contributed by atoms with E-state index in [0.717, 1.165) is 37.0 Å². The molecular formula is C12H16BrNO4S2. The van der Waals surface area contributed by atoms with E-state index in [0.29, 0.717) is 16.2 Å². The minimum atomic E-state index is -3.65. The molecule has 20 heavy (non-hydrogen) atoms. The van der Waals surface area contributed by atoms with Gasteiger partial charge in [0.1, 0.15) is 9.77 Å². The van der Waals surface area contributed by atoms with E-state index < -0.39 is 16.0 Å². The fraction of sp³-hybridized carbons (Fsp3) is 0.583. The van der Waals surface area contributed by atoms with Crippen molar-refractivity contribution in [2.24, 2.45) is 5.92 Å². The molecule has 0 radical (unpaired) electrons. The van der Waals surface area contributed by atoms with E-state index >= 15 is 0 Å². The highest BCUT2D eigenvalue weighted by Crippen LogP contribution is 2.32. The highest BCUT2D eigenvalue weighted by atomic mass is 79.9. The molecule has 0 atom stereocenters. The van der Waals surface area contributed by atoms with Crippen LogP contribution in [0, 0.1) is 5.92 Å². The summed E-state index contributed by atoms with van der Waals surface area (Å²) in [5.41, 5.74) is 0. The van der Waals surface area contributed by atoms with Crippen molar-refractivity contribution in [3.05, 3.63) is 14.7 Å². The van der Waals surface area contributed by atoms with Crippen molar-refractivity contribution < 1.29 is 18.3 Å². The SMILES string of the molecule is O=C(O)c1cc(S(=O)(=O)NCC2CCCCC2)c(Br)s1. The third-order valence-electron chi connectivity index (χ3n) is 3.44. The number of aromatic carboxylic acids is 1. The lowest BCUT2D eigenvalue weighted by molar-refractivity contribution is 0.0702. The average molecular weight is 382 g/mol. The number of carboxylic acid groups (broad SMARTS) is 1. The number of carbonyl (C=O) groups is 1. The number of thiophene rings is 1. The first kappa shape index (κ1) is 15.9. The van der Waals surface area contributed by atoms with Gasteiger partial charge in [-0.05, 0) is 40.8 Å². The Morgan fingerprint density at radius 2 is 2.05 bits per heavy atom. The first-order chi connectivity index (χ1) is 9.40. The van der Waals surface area contributed by atoms with Gasteiger partial charge in [-0.2, -0.15) is 0 Å². The Morgan fingerprint density at radius 1 is 1.40 bits per heavy atom. The van der Waals surface area contributed by atoms with Gasteiger partial charge in [0.25, 0.3) is 0 Å². The fourth-order valence-electron chi connectivity index (χ4n) is 2.34. The van der Waals surface area contributed by atoms with E-state index in [2.05, 4.69) is 20.7 Å². The molecule has 5 nitrogen and oxygen atoms in total. The zero-order valence-corrected chi connectivity index (χ0v) is 14.0. The molecule has 0 saturated heterocycles. The number of hydrogen-bond donors (Lipinski definition) is 2. The lowest BCUT2D eigenvalue weighted by Crippen LogP contribution is -2.30. The summed E-state index contributed by atoms with van der Waals surface area (Å²) in [5, 5.41) is 8.90. The van der Waals surface area contributed by atoms with E-state index in [-0.39, 0.29) is 9.77 Å². The van der Waals surface area contributed by atoms with Gasteiger partial charge in [0.05, 0.1) is 3.79 Å². The first-order valence-corrected chi connectivity index (χ1v) is 9.51. The Balaban J connectivity index is 2.07. The van der Waals surface area contributed by atoms with Crippen LogP contribution in [0.4, 0.5) is 0 Å². The third-order valence-corrected chi connectivity index (χ3v) is 7.11. The summed E-state index contributed by atoms with van der Waals surface area (Å²) in [7, 11) is -3.65. The zero-order valence-electron chi connectivity index (χ0n) is 10.8. The quantitative estimate of drug-likeness (QED) is 0.820. The second-order valence-corrected chi connectivity index (χ2v) is 9.02. The van der Waals surface area contributed by atoms with Crippen molar-refractivity contribution in [1.29, 1.82) is 0 Å². The maximum Gasteiger partial charge on any atom is 0.345 e. The fourth-order valence-corrected chi connectivity index (χ4v) is 5.85. The predicted molar refractivity (Wildman–Crippen MR) is 80.7 cm³/mol. The van der Waals surface area contributed by atoms with Crippen LogP contribution in [0.25, 0.3) is 0 Å². The summed E-state index contributed by atoms with van der Waals surface area (Å²) >= 11 is 4.03. The Hall–Kier alpha value is -0.440. The molecule has 2 rings (SSSR count). The van der Waals surface area contributed by atoms with Crippen LogP contribution < -0.4 is 4.72 Å². The smallest absolute Gasteiger partial charge is 0.345 e. The van der Waals surface area contributed by atoms with Gasteiger partial charge in [0, 0.05) is 6.54 Å². The summed E-state index contributed by atoms with van der Waals surface area (Å²) in [6, 6.07) is 1.19. The number of sulfonamides is 1. The van der Waals surface area contributed by atoms with Gasteiger partial charge in [0.2, 0.25) is 10.0 Å². The minimum Gasteiger partial charge on any atom is -0.477 e. The van der Waals surface area contributed by atoms with Gasteiger partial charge in [-0.25, -0.2) is 17.9 Å². The Morgan fingerprint density at radius 3 is 2.60 bits per heavy atom. The van der Waals surface area contributed by atoms with Crippen molar-refractivity contribution in [2.45, 2.75) is 37.0 Å². The summed E-state index contributed by atoms with van der Waals surface area (Å²) in [6.07, 6.45) is 5.62. The molecule has 1 aromatic heterocycles. The molecule has 0 amide bonds. The van der Waals surface area contributed by atoms with Crippen LogP contribution in [0.5, 0.6) is 0 Å². The topological polar surface area (TPSA) is 83.5 Å². The van der Waals surface area contributed by atoms with Crippen LogP contribution in [-0.4, -0.2) is 26.0 Å². The zero-order chi connectivity index (χ0) is 14.8. The summed E-state index contributed by atoms with van der Waals surface area (Å²) in [4.78, 5) is 10.9. The molecule has 1 saturated carbocycles. The average Bonchev–Trinajstić information content (AvgIpc) is 2.81. The summed E-state index contributed by atoms with van der Waals surface area (Å²) < 4.78 is 27.3.